The summed E-state index contributed by atoms with van der Waals surface area (Å²) in [4.78, 5) is 0. The molecule has 1 aromatic heterocycles. The summed E-state index contributed by atoms with van der Waals surface area (Å²) in [6.45, 7) is 0. The van der Waals surface area contributed by atoms with E-state index in [1.54, 1.807) is 0 Å². The van der Waals surface area contributed by atoms with Crippen LogP contribution in [0.2, 0.25) is 0 Å². The van der Waals surface area contributed by atoms with E-state index >= 15 is 0 Å². The van der Waals surface area contributed by atoms with Crippen molar-refractivity contribution in [3.8, 4) is 0 Å². The van der Waals surface area contributed by atoms with Gasteiger partial charge in [-0.05, 0) is 11.5 Å². The van der Waals surface area contributed by atoms with Gasteiger partial charge in [0, 0.05) is 23.9 Å². The van der Waals surface area contributed by atoms with Crippen molar-refractivity contribution in [3.63, 3.8) is 0 Å². The van der Waals surface area contributed by atoms with Crippen LogP contribution in [0.4, 0.5) is 0 Å². The van der Waals surface area contributed by atoms with Gasteiger partial charge in [-0.3, -0.25) is 9.59 Å². The largest absolute Gasteiger partial charge is 0.280 e. The molecule has 0 fully saturated rings. The Morgan fingerprint density at radius 3 is 2.12 bits per heavy atom. The molecular formula is C2H2N2S3Sn. The third-order valence-corrected chi connectivity index (χ3v) is 2.11. The molecule has 2 nitrogen and oxygen atoms in total. The van der Waals surface area contributed by atoms with Gasteiger partial charge < -0.3 is 0 Å². The minimum absolute atomic E-state index is 0. The van der Waals surface area contributed by atoms with Crippen LogP contribution >= 0.6 is 36.0 Å². The van der Waals surface area contributed by atoms with Gasteiger partial charge in [0.25, 0.3) is 0 Å². The van der Waals surface area contributed by atoms with Crippen molar-refractivity contribution in [2.75, 3.05) is 0 Å². The van der Waals surface area contributed by atoms with Crippen LogP contribution in [0.15, 0.2) is 0 Å². The second kappa shape index (κ2) is 3.75. The van der Waals surface area contributed by atoms with Crippen molar-refractivity contribution in [1.82, 2.24) is 9.59 Å². The Balaban J connectivity index is 0.000000490. The monoisotopic (exact) mass is 270 g/mol. The Morgan fingerprint density at radius 2 is 2.00 bits per heavy atom. The Hall–Kier alpha value is 0.799. The maximum atomic E-state index is 4.74. The molecule has 1 heterocycles. The predicted octanol–water partition coefficient (Wildman–Crippen LogP) is 1.48. The molecule has 1 rings (SSSR count). The summed E-state index contributed by atoms with van der Waals surface area (Å²) < 4.78 is 4.05. The van der Waals surface area contributed by atoms with Crippen molar-refractivity contribution >= 4 is 59.9 Å². The molecule has 0 aliphatic rings. The SMILES string of the molecule is S=c1[nH][nH]sc1=S.[Sn]. The zero-order valence-electron chi connectivity index (χ0n) is 3.72. The Kier molecular flexibility index (Phi) is 4.13. The third kappa shape index (κ3) is 1.96. The van der Waals surface area contributed by atoms with Gasteiger partial charge in [-0.1, -0.05) is 24.4 Å². The first kappa shape index (κ1) is 8.80. The maximum Gasteiger partial charge on any atom is 0.148 e. The van der Waals surface area contributed by atoms with Crippen LogP contribution in [0.1, 0.15) is 0 Å². The van der Waals surface area contributed by atoms with Crippen LogP contribution in [-0.4, -0.2) is 33.5 Å². The van der Waals surface area contributed by atoms with Crippen LogP contribution in [0.5, 0.6) is 0 Å². The van der Waals surface area contributed by atoms with Gasteiger partial charge in [-0.2, -0.15) is 0 Å². The average molecular weight is 269 g/mol. The van der Waals surface area contributed by atoms with Crippen LogP contribution in [-0.2, 0) is 0 Å². The molecule has 0 aliphatic heterocycles. The van der Waals surface area contributed by atoms with E-state index in [-0.39, 0.29) is 23.9 Å². The second-order valence-corrected chi connectivity index (χ2v) is 2.84. The number of hydrogen-bond acceptors (Lipinski definition) is 3. The quantitative estimate of drug-likeness (QED) is 0.552. The second-order valence-electron chi connectivity index (χ2n) is 0.946. The van der Waals surface area contributed by atoms with Crippen molar-refractivity contribution in [2.45, 2.75) is 0 Å². The first-order valence-electron chi connectivity index (χ1n) is 1.57. The Morgan fingerprint density at radius 1 is 1.38 bits per heavy atom. The van der Waals surface area contributed by atoms with Gasteiger partial charge in [-0.15, -0.1) is 0 Å². The van der Waals surface area contributed by atoms with E-state index in [0.717, 1.165) is 3.82 Å². The number of aromatic amines is 2. The summed E-state index contributed by atoms with van der Waals surface area (Å²) in [5.41, 5.74) is 0. The molecular weight excluding hydrogens is 267 g/mol. The first-order valence-corrected chi connectivity index (χ1v) is 3.20. The number of hydrogen-bond donors (Lipinski definition) is 2. The van der Waals surface area contributed by atoms with Crippen molar-refractivity contribution in [1.29, 1.82) is 0 Å². The smallest absolute Gasteiger partial charge is 0.148 e. The van der Waals surface area contributed by atoms with Gasteiger partial charge in [-0.25, -0.2) is 0 Å². The molecule has 0 amide bonds. The molecule has 8 heavy (non-hydrogen) atoms. The van der Waals surface area contributed by atoms with E-state index in [4.69, 9.17) is 24.4 Å². The molecule has 0 saturated carbocycles. The number of nitrogens with one attached hydrogen (secondary N) is 2. The zero-order chi connectivity index (χ0) is 5.28. The minimum Gasteiger partial charge on any atom is -0.280 e. The summed E-state index contributed by atoms with van der Waals surface area (Å²) in [5, 5.41) is 2.67. The summed E-state index contributed by atoms with van der Waals surface area (Å²) in [6, 6.07) is 0. The molecule has 1 aromatic rings. The molecule has 0 aromatic carbocycles. The number of rotatable bonds is 0. The maximum absolute atomic E-state index is 4.74. The van der Waals surface area contributed by atoms with Gasteiger partial charge in [0.15, 0.2) is 0 Å². The van der Waals surface area contributed by atoms with E-state index in [9.17, 15) is 0 Å². The number of H-pyrrole nitrogens is 2. The summed E-state index contributed by atoms with van der Waals surface area (Å²) in [5.74, 6) is 0. The average Bonchev–Trinajstić information content (AvgIpc) is 1.91. The van der Waals surface area contributed by atoms with Gasteiger partial charge in [0.05, 0.1) is 0 Å². The van der Waals surface area contributed by atoms with E-state index in [1.807, 2.05) is 0 Å². The standard InChI is InChI=1S/C2H2N2S3.Sn/c5-1-2(6)7-4-3-1;/h4H,(H,3,5);. The Labute approximate surface area is 77.4 Å². The van der Waals surface area contributed by atoms with E-state index in [1.165, 1.54) is 11.5 Å². The summed E-state index contributed by atoms with van der Waals surface area (Å²) in [6.07, 6.45) is 0. The van der Waals surface area contributed by atoms with Crippen molar-refractivity contribution in [2.24, 2.45) is 0 Å². The Bertz CT molecular complexity index is 220. The van der Waals surface area contributed by atoms with Crippen LogP contribution in [0, 0.1) is 8.46 Å². The molecule has 0 saturated heterocycles. The van der Waals surface area contributed by atoms with E-state index in [2.05, 4.69) is 9.59 Å². The normalized spacial score (nSPS) is 8.00. The third-order valence-electron chi connectivity index (χ3n) is 0.494. The van der Waals surface area contributed by atoms with E-state index in [0.29, 0.717) is 4.64 Å². The van der Waals surface area contributed by atoms with Crippen LogP contribution in [0.3, 0.4) is 0 Å². The molecule has 0 bridgehead atoms. The molecule has 42 valence electrons. The predicted molar refractivity (Wildman–Crippen MR) is 40.4 cm³/mol. The van der Waals surface area contributed by atoms with Crippen LogP contribution in [0.25, 0.3) is 0 Å². The zero-order valence-corrected chi connectivity index (χ0v) is 9.03. The van der Waals surface area contributed by atoms with Gasteiger partial charge >= 0.3 is 0 Å². The molecule has 6 heteroatoms. The molecule has 2 N–H and O–H groups in total. The molecule has 4 radical (unpaired) electrons. The fourth-order valence-electron chi connectivity index (χ4n) is 0.216. The fraction of sp³-hybridized carbons (Fsp3) is 0. The first-order chi connectivity index (χ1) is 3.30. The molecule has 0 unspecified atom stereocenters. The van der Waals surface area contributed by atoms with Gasteiger partial charge in [0.1, 0.15) is 8.46 Å². The number of aromatic nitrogens is 2. The minimum atomic E-state index is 0. The topological polar surface area (TPSA) is 31.6 Å². The van der Waals surface area contributed by atoms with Crippen molar-refractivity contribution in [3.05, 3.63) is 8.46 Å². The fourth-order valence-corrected chi connectivity index (χ4v) is 1.02. The summed E-state index contributed by atoms with van der Waals surface area (Å²) >= 11 is 10.8. The summed E-state index contributed by atoms with van der Waals surface area (Å²) in [7, 11) is 0. The van der Waals surface area contributed by atoms with Crippen LogP contribution < -0.4 is 0 Å². The van der Waals surface area contributed by atoms with Crippen molar-refractivity contribution < 1.29 is 0 Å². The van der Waals surface area contributed by atoms with E-state index < -0.39 is 0 Å². The molecule has 0 spiro atoms. The molecule has 0 aliphatic carbocycles. The molecule has 0 atom stereocenters. The van der Waals surface area contributed by atoms with Gasteiger partial charge in [0.2, 0.25) is 0 Å².